The molecule has 3 heterocycles. The molecule has 0 amide bonds. The third-order valence-electron chi connectivity index (χ3n) is 2.78. The molecule has 16 heavy (non-hydrogen) atoms. The molecule has 2 aromatic heterocycles. The predicted molar refractivity (Wildman–Crippen MR) is 72.6 cm³/mol. The van der Waals surface area contributed by atoms with Gasteiger partial charge < -0.3 is 5.11 Å². The van der Waals surface area contributed by atoms with E-state index in [0.29, 0.717) is 0 Å². The summed E-state index contributed by atoms with van der Waals surface area (Å²) in [7, 11) is 0. The average molecular weight is 268 g/mol. The third-order valence-corrected chi connectivity index (χ3v) is 5.77. The number of thioether (sulfide) groups is 1. The highest BCUT2D eigenvalue weighted by atomic mass is 32.2. The van der Waals surface area contributed by atoms with Gasteiger partial charge in [-0.1, -0.05) is 0 Å². The van der Waals surface area contributed by atoms with Gasteiger partial charge in [0.05, 0.1) is 0 Å². The molecule has 0 saturated heterocycles. The first-order valence-corrected chi connectivity index (χ1v) is 8.15. The number of aliphatic hydroxyl groups is 1. The van der Waals surface area contributed by atoms with Crippen molar-refractivity contribution in [3.63, 3.8) is 0 Å². The maximum absolute atomic E-state index is 10.2. The van der Waals surface area contributed by atoms with Crippen molar-refractivity contribution in [2.75, 3.05) is 5.75 Å². The summed E-state index contributed by atoms with van der Waals surface area (Å²) in [4.78, 5) is 2.58. The van der Waals surface area contributed by atoms with Gasteiger partial charge in [-0.05, 0) is 46.2 Å². The Labute approximate surface area is 107 Å². The van der Waals surface area contributed by atoms with E-state index in [0.717, 1.165) is 16.2 Å². The van der Waals surface area contributed by atoms with Crippen LogP contribution < -0.4 is 0 Å². The molecule has 0 saturated carbocycles. The summed E-state index contributed by atoms with van der Waals surface area (Å²) < 4.78 is 0. The van der Waals surface area contributed by atoms with Gasteiger partial charge in [-0.2, -0.15) is 23.1 Å². The van der Waals surface area contributed by atoms with Crippen molar-refractivity contribution in [1.82, 2.24) is 0 Å². The molecule has 3 rings (SSSR count). The second kappa shape index (κ2) is 4.53. The number of hydrogen-bond donors (Lipinski definition) is 1. The van der Waals surface area contributed by atoms with E-state index >= 15 is 0 Å². The van der Waals surface area contributed by atoms with Crippen molar-refractivity contribution >= 4 is 34.4 Å². The molecule has 2 aromatic rings. The number of fused-ring (bicyclic) bond motifs is 1. The highest BCUT2D eigenvalue weighted by Crippen LogP contribution is 2.36. The van der Waals surface area contributed by atoms with Gasteiger partial charge in [0.15, 0.2) is 0 Å². The summed E-state index contributed by atoms with van der Waals surface area (Å²) in [6, 6.07) is 4.19. The molecule has 0 fully saturated rings. The lowest BCUT2D eigenvalue weighted by molar-refractivity contribution is 0.224. The molecule has 1 aliphatic heterocycles. The molecule has 1 nitrogen and oxygen atoms in total. The number of rotatable bonds is 2. The van der Waals surface area contributed by atoms with Crippen molar-refractivity contribution in [3.8, 4) is 0 Å². The lowest BCUT2D eigenvalue weighted by Gasteiger charge is -2.08. The summed E-state index contributed by atoms with van der Waals surface area (Å²) in [5.41, 5.74) is 2.46. The van der Waals surface area contributed by atoms with Gasteiger partial charge >= 0.3 is 0 Å². The first-order valence-electron chi connectivity index (χ1n) is 5.24. The van der Waals surface area contributed by atoms with Crippen molar-refractivity contribution < 1.29 is 5.11 Å². The topological polar surface area (TPSA) is 20.2 Å². The van der Waals surface area contributed by atoms with Crippen LogP contribution in [0.1, 0.15) is 27.0 Å². The molecular weight excluding hydrogens is 256 g/mol. The van der Waals surface area contributed by atoms with Crippen LogP contribution in [-0.2, 0) is 12.2 Å². The first-order chi connectivity index (χ1) is 7.84. The number of aliphatic hydroxyl groups excluding tert-OH is 1. The van der Waals surface area contributed by atoms with Crippen LogP contribution in [0.4, 0.5) is 0 Å². The van der Waals surface area contributed by atoms with Gasteiger partial charge in [0.2, 0.25) is 0 Å². The lowest BCUT2D eigenvalue weighted by Crippen LogP contribution is -1.96. The summed E-state index contributed by atoms with van der Waals surface area (Å²) in [6.45, 7) is 0. The van der Waals surface area contributed by atoms with E-state index in [1.54, 1.807) is 22.7 Å². The molecule has 84 valence electrons. The van der Waals surface area contributed by atoms with E-state index in [1.165, 1.54) is 22.6 Å². The Morgan fingerprint density at radius 1 is 1.38 bits per heavy atom. The van der Waals surface area contributed by atoms with E-state index in [1.807, 2.05) is 28.6 Å². The molecule has 1 N–H and O–H groups in total. The van der Waals surface area contributed by atoms with Crippen molar-refractivity contribution in [3.05, 3.63) is 43.8 Å². The van der Waals surface area contributed by atoms with Crippen LogP contribution in [0.3, 0.4) is 0 Å². The van der Waals surface area contributed by atoms with Crippen LogP contribution in [0, 0.1) is 0 Å². The minimum atomic E-state index is -0.424. The zero-order valence-electron chi connectivity index (χ0n) is 8.68. The maximum atomic E-state index is 10.2. The summed E-state index contributed by atoms with van der Waals surface area (Å²) in [5.74, 6) is 2.34. The Balaban J connectivity index is 1.92. The van der Waals surface area contributed by atoms with Crippen LogP contribution in [0.15, 0.2) is 22.9 Å². The zero-order chi connectivity index (χ0) is 11.0. The van der Waals surface area contributed by atoms with Crippen LogP contribution in [0.25, 0.3) is 0 Å². The average Bonchev–Trinajstić information content (AvgIpc) is 2.97. The molecular formula is C12H12OS3. The summed E-state index contributed by atoms with van der Waals surface area (Å²) in [6.07, 6.45) is 0.743. The molecule has 1 unspecified atom stereocenters. The maximum Gasteiger partial charge on any atom is 0.114 e. The van der Waals surface area contributed by atoms with Gasteiger partial charge in [0.25, 0.3) is 0 Å². The lowest BCUT2D eigenvalue weighted by atomic mass is 10.1. The van der Waals surface area contributed by atoms with E-state index in [2.05, 4.69) is 6.07 Å². The normalized spacial score (nSPS) is 17.1. The fourth-order valence-electron chi connectivity index (χ4n) is 1.90. The van der Waals surface area contributed by atoms with Crippen molar-refractivity contribution in [1.29, 1.82) is 0 Å². The highest BCUT2D eigenvalue weighted by Gasteiger charge is 2.19. The minimum Gasteiger partial charge on any atom is -0.383 e. The van der Waals surface area contributed by atoms with Crippen LogP contribution in [-0.4, -0.2) is 10.9 Å². The molecule has 0 radical (unpaired) electrons. The molecule has 1 aliphatic rings. The smallest absolute Gasteiger partial charge is 0.114 e. The Bertz CT molecular complexity index is 449. The largest absolute Gasteiger partial charge is 0.383 e. The first kappa shape index (κ1) is 10.8. The van der Waals surface area contributed by atoms with Gasteiger partial charge in [0, 0.05) is 15.5 Å². The fourth-order valence-corrected chi connectivity index (χ4v) is 4.97. The van der Waals surface area contributed by atoms with Crippen molar-refractivity contribution in [2.24, 2.45) is 0 Å². The molecule has 0 aliphatic carbocycles. The number of thiophene rings is 2. The third kappa shape index (κ3) is 1.95. The quantitative estimate of drug-likeness (QED) is 0.896. The van der Waals surface area contributed by atoms with E-state index < -0.39 is 6.10 Å². The Morgan fingerprint density at radius 2 is 2.31 bits per heavy atom. The zero-order valence-corrected chi connectivity index (χ0v) is 11.1. The van der Waals surface area contributed by atoms with Crippen LogP contribution in [0.5, 0.6) is 0 Å². The van der Waals surface area contributed by atoms with Crippen molar-refractivity contribution in [2.45, 2.75) is 18.3 Å². The molecule has 0 bridgehead atoms. The Hall–Kier alpha value is -0.290. The molecule has 1 atom stereocenters. The van der Waals surface area contributed by atoms with E-state index in [9.17, 15) is 5.11 Å². The monoisotopic (exact) mass is 268 g/mol. The summed E-state index contributed by atoms with van der Waals surface area (Å²) >= 11 is 5.41. The molecule has 0 aromatic carbocycles. The molecule has 4 heteroatoms. The van der Waals surface area contributed by atoms with Gasteiger partial charge in [-0.15, -0.1) is 11.3 Å². The second-order valence-electron chi connectivity index (χ2n) is 3.86. The second-order valence-corrected chi connectivity index (χ2v) is 6.91. The van der Waals surface area contributed by atoms with E-state index in [-0.39, 0.29) is 0 Å². The van der Waals surface area contributed by atoms with Crippen LogP contribution >= 0.6 is 34.4 Å². The Morgan fingerprint density at radius 3 is 3.06 bits per heavy atom. The number of hydrogen-bond acceptors (Lipinski definition) is 4. The fraction of sp³-hybridized carbons (Fsp3) is 0.333. The van der Waals surface area contributed by atoms with Gasteiger partial charge in [0.1, 0.15) is 6.10 Å². The standard InChI is InChI=1S/C12H12OS3/c13-12(8-1-3-14-6-8)11-5-9-7-15-4-2-10(9)16-11/h1,3,5-6,12-13H,2,4,7H2. The highest BCUT2D eigenvalue weighted by molar-refractivity contribution is 7.98. The van der Waals surface area contributed by atoms with Gasteiger partial charge in [-0.3, -0.25) is 0 Å². The predicted octanol–water partition coefficient (Wildman–Crippen LogP) is 3.68. The minimum absolute atomic E-state index is 0.424. The van der Waals surface area contributed by atoms with Gasteiger partial charge in [-0.25, -0.2) is 0 Å². The molecule has 0 spiro atoms. The number of aryl methyl sites for hydroxylation is 1. The summed E-state index contributed by atoms with van der Waals surface area (Å²) in [5, 5.41) is 14.3. The Kier molecular flexibility index (Phi) is 3.07. The van der Waals surface area contributed by atoms with E-state index in [4.69, 9.17) is 0 Å². The SMILES string of the molecule is OC(c1ccsc1)c1cc2c(s1)CCSC2. The van der Waals surface area contributed by atoms with Crippen LogP contribution in [0.2, 0.25) is 0 Å².